The Bertz CT molecular complexity index is 1050. The quantitative estimate of drug-likeness (QED) is 0.452. The number of likely N-dealkylation sites (tertiary alicyclic amines) is 1. The van der Waals surface area contributed by atoms with E-state index in [4.69, 9.17) is 0 Å². The molecule has 2 aromatic rings. The maximum atomic E-state index is 13.6. The van der Waals surface area contributed by atoms with Gasteiger partial charge in [0, 0.05) is 31.1 Å². The molecule has 1 aliphatic rings. The molecule has 8 nitrogen and oxygen atoms in total. The molecule has 1 aliphatic heterocycles. The van der Waals surface area contributed by atoms with Crippen LogP contribution in [-0.4, -0.2) is 51.2 Å². The van der Waals surface area contributed by atoms with E-state index in [1.807, 2.05) is 25.7 Å². The first-order valence-corrected chi connectivity index (χ1v) is 12.8. The molecule has 1 saturated heterocycles. The number of aromatic nitrogens is 2. The number of halogens is 2. The fraction of sp³-hybridized carbons (Fsp3) is 0.615. The molecule has 1 aromatic heterocycles. The lowest BCUT2D eigenvalue weighted by atomic mass is 9.98. The van der Waals surface area contributed by atoms with Crippen molar-refractivity contribution in [1.82, 2.24) is 25.5 Å². The monoisotopic (exact) mass is 505 g/mol. The largest absolute Gasteiger partial charge is 0.345 e. The number of aromatic amines is 1. The van der Waals surface area contributed by atoms with Crippen LogP contribution in [0.2, 0.25) is 0 Å². The Morgan fingerprint density at radius 2 is 1.86 bits per heavy atom. The predicted octanol–water partition coefficient (Wildman–Crippen LogP) is 4.12. The number of benzene rings is 1. The van der Waals surface area contributed by atoms with E-state index < -0.39 is 29.6 Å². The van der Waals surface area contributed by atoms with Crippen LogP contribution in [0.3, 0.4) is 0 Å². The summed E-state index contributed by atoms with van der Waals surface area (Å²) in [5.74, 6) is -2.34. The van der Waals surface area contributed by atoms with Gasteiger partial charge in [-0.25, -0.2) is 13.8 Å². The van der Waals surface area contributed by atoms with Crippen molar-refractivity contribution in [1.29, 1.82) is 0 Å². The number of carbonyl (C=O) groups excluding carboxylic acids is 3. The zero-order valence-electron chi connectivity index (χ0n) is 21.5. The maximum Gasteiger partial charge on any atom is 0.243 e. The van der Waals surface area contributed by atoms with Gasteiger partial charge in [0.05, 0.1) is 23.5 Å². The van der Waals surface area contributed by atoms with Gasteiger partial charge in [-0.2, -0.15) is 0 Å². The highest BCUT2D eigenvalue weighted by Gasteiger charge is 2.31. The minimum atomic E-state index is -1.04. The molecule has 3 rings (SSSR count). The summed E-state index contributed by atoms with van der Waals surface area (Å²) < 4.78 is 27.1. The average molecular weight is 506 g/mol. The third kappa shape index (κ3) is 7.01. The Balaban J connectivity index is 1.73. The average Bonchev–Trinajstić information content (AvgIpc) is 3.25. The molecule has 3 N–H and O–H groups in total. The number of H-pyrrole nitrogens is 1. The van der Waals surface area contributed by atoms with E-state index in [1.54, 1.807) is 6.92 Å². The van der Waals surface area contributed by atoms with Crippen molar-refractivity contribution >= 4 is 28.8 Å². The van der Waals surface area contributed by atoms with Crippen LogP contribution < -0.4 is 10.6 Å². The maximum absolute atomic E-state index is 13.6. The van der Waals surface area contributed by atoms with Gasteiger partial charge in [0.2, 0.25) is 17.7 Å². The Hall–Kier alpha value is -3.04. The van der Waals surface area contributed by atoms with Gasteiger partial charge in [-0.05, 0) is 44.9 Å². The third-order valence-corrected chi connectivity index (χ3v) is 6.71. The van der Waals surface area contributed by atoms with Gasteiger partial charge in [-0.1, -0.05) is 20.8 Å². The standard InChI is InChI=1S/C26H37F2N5O3/c1-5-17-8-6-7-11-33(17)24(35)14-22(30-23(34)10-9-15(2)3)26(36)29-16(4)25-31-20-12-18(27)19(28)13-21(20)32-25/h12-13,15-17,22H,5-11,14H2,1-4H3,(H,29,36)(H,30,34)(H,31,32)/t16?,17-,22?/m0/s1. The number of hydrogen-bond acceptors (Lipinski definition) is 4. The second-order valence-corrected chi connectivity index (χ2v) is 10.0. The van der Waals surface area contributed by atoms with Crippen LogP contribution in [0.15, 0.2) is 12.1 Å². The van der Waals surface area contributed by atoms with Crippen LogP contribution in [0, 0.1) is 17.6 Å². The summed E-state index contributed by atoms with van der Waals surface area (Å²) in [5.41, 5.74) is 0.531. The van der Waals surface area contributed by atoms with E-state index in [9.17, 15) is 23.2 Å². The van der Waals surface area contributed by atoms with E-state index in [-0.39, 0.29) is 36.2 Å². The van der Waals surface area contributed by atoms with Gasteiger partial charge >= 0.3 is 0 Å². The van der Waals surface area contributed by atoms with Crippen LogP contribution in [0.1, 0.15) is 84.5 Å². The summed E-state index contributed by atoms with van der Waals surface area (Å²) in [4.78, 5) is 48.0. The molecule has 10 heteroatoms. The molecule has 0 bridgehead atoms. The van der Waals surface area contributed by atoms with E-state index in [1.165, 1.54) is 0 Å². The van der Waals surface area contributed by atoms with Crippen LogP contribution >= 0.6 is 0 Å². The first-order chi connectivity index (χ1) is 17.1. The van der Waals surface area contributed by atoms with Gasteiger partial charge in [0.15, 0.2) is 11.6 Å². The molecule has 0 spiro atoms. The molecular formula is C26H37F2N5O3. The SMILES string of the molecule is CC[C@H]1CCCCN1C(=O)CC(NC(=O)CCC(C)C)C(=O)NC(C)c1nc2cc(F)c(F)cc2[nH]1. The molecule has 3 atom stereocenters. The number of piperidine rings is 1. The van der Waals surface area contributed by atoms with Crippen molar-refractivity contribution in [2.24, 2.45) is 5.92 Å². The number of carbonyl (C=O) groups is 3. The molecule has 2 unspecified atom stereocenters. The number of rotatable bonds is 10. The van der Waals surface area contributed by atoms with Crippen LogP contribution in [0.25, 0.3) is 11.0 Å². The van der Waals surface area contributed by atoms with Crippen molar-refractivity contribution in [2.75, 3.05) is 6.54 Å². The lowest BCUT2D eigenvalue weighted by Gasteiger charge is -2.36. The van der Waals surface area contributed by atoms with E-state index in [2.05, 4.69) is 20.6 Å². The Morgan fingerprint density at radius 1 is 1.14 bits per heavy atom. The van der Waals surface area contributed by atoms with Gasteiger partial charge in [0.25, 0.3) is 0 Å². The second kappa shape index (κ2) is 12.3. The zero-order chi connectivity index (χ0) is 26.4. The predicted molar refractivity (Wildman–Crippen MR) is 133 cm³/mol. The van der Waals surface area contributed by atoms with Crippen molar-refractivity contribution in [2.45, 2.75) is 90.8 Å². The summed E-state index contributed by atoms with van der Waals surface area (Å²) in [6.45, 7) is 8.37. The summed E-state index contributed by atoms with van der Waals surface area (Å²) >= 11 is 0. The Morgan fingerprint density at radius 3 is 2.56 bits per heavy atom. The lowest BCUT2D eigenvalue weighted by Crippen LogP contribution is -2.52. The fourth-order valence-corrected chi connectivity index (χ4v) is 4.55. The van der Waals surface area contributed by atoms with Crippen LogP contribution in [-0.2, 0) is 14.4 Å². The molecule has 2 heterocycles. The molecule has 0 aliphatic carbocycles. The second-order valence-electron chi connectivity index (χ2n) is 10.0. The summed E-state index contributed by atoms with van der Waals surface area (Å²) in [6, 6.07) is 0.438. The summed E-state index contributed by atoms with van der Waals surface area (Å²) in [7, 11) is 0. The first kappa shape index (κ1) is 27.5. The lowest BCUT2D eigenvalue weighted by molar-refractivity contribution is -0.139. The molecule has 36 heavy (non-hydrogen) atoms. The van der Waals surface area contributed by atoms with E-state index in [0.717, 1.165) is 37.8 Å². The van der Waals surface area contributed by atoms with Gasteiger partial charge in [-0.15, -0.1) is 0 Å². The first-order valence-electron chi connectivity index (χ1n) is 12.8. The topological polar surface area (TPSA) is 107 Å². The minimum Gasteiger partial charge on any atom is -0.345 e. The minimum absolute atomic E-state index is 0.140. The normalized spacial score (nSPS) is 17.8. The molecule has 198 valence electrons. The van der Waals surface area contributed by atoms with Crippen molar-refractivity contribution in [3.63, 3.8) is 0 Å². The number of hydrogen-bond donors (Lipinski definition) is 3. The summed E-state index contributed by atoms with van der Waals surface area (Å²) in [6.07, 6.45) is 4.55. The summed E-state index contributed by atoms with van der Waals surface area (Å²) in [5, 5.41) is 5.53. The molecule has 0 saturated carbocycles. The smallest absolute Gasteiger partial charge is 0.243 e. The molecular weight excluding hydrogens is 468 g/mol. The molecule has 0 radical (unpaired) electrons. The van der Waals surface area contributed by atoms with Gasteiger partial charge in [-0.3, -0.25) is 14.4 Å². The van der Waals surface area contributed by atoms with Gasteiger partial charge in [0.1, 0.15) is 11.9 Å². The fourth-order valence-electron chi connectivity index (χ4n) is 4.55. The van der Waals surface area contributed by atoms with Crippen LogP contribution in [0.5, 0.6) is 0 Å². The third-order valence-electron chi connectivity index (χ3n) is 6.71. The molecule has 3 amide bonds. The highest BCUT2D eigenvalue weighted by molar-refractivity contribution is 5.92. The van der Waals surface area contributed by atoms with Crippen molar-refractivity contribution in [3.8, 4) is 0 Å². The van der Waals surface area contributed by atoms with E-state index in [0.29, 0.717) is 30.2 Å². The van der Waals surface area contributed by atoms with E-state index >= 15 is 0 Å². The van der Waals surface area contributed by atoms with Crippen LogP contribution in [0.4, 0.5) is 8.78 Å². The number of imidazole rings is 1. The molecule has 1 fully saturated rings. The number of fused-ring (bicyclic) bond motifs is 1. The highest BCUT2D eigenvalue weighted by atomic mass is 19.2. The Kier molecular flexibility index (Phi) is 9.39. The number of nitrogens with one attached hydrogen (secondary N) is 3. The number of nitrogens with zero attached hydrogens (tertiary/aromatic N) is 2. The highest BCUT2D eigenvalue weighted by Crippen LogP contribution is 2.22. The Labute approximate surface area is 210 Å². The molecule has 1 aromatic carbocycles. The van der Waals surface area contributed by atoms with Crippen molar-refractivity contribution < 1.29 is 23.2 Å². The zero-order valence-corrected chi connectivity index (χ0v) is 21.5. The van der Waals surface area contributed by atoms with Gasteiger partial charge < -0.3 is 20.5 Å². The number of amides is 3. The van der Waals surface area contributed by atoms with Crippen molar-refractivity contribution in [3.05, 3.63) is 29.6 Å².